The molecule has 1 aromatic rings. The van der Waals surface area contributed by atoms with Crippen LogP contribution in [0.15, 0.2) is 30.3 Å². The fourth-order valence-electron chi connectivity index (χ4n) is 2.97. The minimum Gasteiger partial charge on any atom is -0.414 e. The van der Waals surface area contributed by atoms with Crippen molar-refractivity contribution in [2.24, 2.45) is 0 Å². The van der Waals surface area contributed by atoms with E-state index >= 15 is 0 Å². The van der Waals surface area contributed by atoms with Crippen LogP contribution in [0.2, 0.25) is 18.1 Å². The summed E-state index contributed by atoms with van der Waals surface area (Å²) in [5.41, 5.74) is 1.40. The third-order valence-corrected chi connectivity index (χ3v) is 10.4. The maximum absolute atomic E-state index is 6.37. The van der Waals surface area contributed by atoms with E-state index in [0.717, 1.165) is 39.3 Å². The summed E-state index contributed by atoms with van der Waals surface area (Å²) in [4.78, 5) is 5.06. The lowest BCUT2D eigenvalue weighted by Gasteiger charge is -2.39. The van der Waals surface area contributed by atoms with Gasteiger partial charge >= 0.3 is 0 Å². The predicted octanol–water partition coefficient (Wildman–Crippen LogP) is 3.84. The summed E-state index contributed by atoms with van der Waals surface area (Å²) >= 11 is 0. The van der Waals surface area contributed by atoms with Crippen molar-refractivity contribution in [3.63, 3.8) is 0 Å². The van der Waals surface area contributed by atoms with Crippen molar-refractivity contribution in [3.8, 4) is 0 Å². The Labute approximate surface area is 161 Å². The quantitative estimate of drug-likeness (QED) is 0.642. The lowest BCUT2D eigenvalue weighted by molar-refractivity contribution is 0.0121. The number of hydrogen-bond acceptors (Lipinski definition) is 4. The molecule has 1 saturated heterocycles. The Morgan fingerprint density at radius 1 is 1.00 bits per heavy atom. The SMILES string of the molecule is CO[C@@H](CO[Si](C)(C)C(C)(C)C)CN1CCN(Cc2ccccc2)CC1. The Kier molecular flexibility index (Phi) is 7.86. The molecule has 1 aliphatic heterocycles. The highest BCUT2D eigenvalue weighted by molar-refractivity contribution is 6.74. The number of piperazine rings is 1. The molecule has 0 aromatic heterocycles. The zero-order chi connectivity index (χ0) is 19.2. The first kappa shape index (κ1) is 21.6. The molecular weight excluding hydrogens is 340 g/mol. The first-order chi connectivity index (χ1) is 12.2. The van der Waals surface area contributed by atoms with Gasteiger partial charge in [-0.25, -0.2) is 0 Å². The van der Waals surface area contributed by atoms with Crippen molar-refractivity contribution in [1.82, 2.24) is 9.80 Å². The zero-order valence-corrected chi connectivity index (χ0v) is 18.6. The molecular formula is C21H38N2O2Si. The Balaban J connectivity index is 1.74. The van der Waals surface area contributed by atoms with Crippen LogP contribution in [0.25, 0.3) is 0 Å². The van der Waals surface area contributed by atoms with Crippen molar-refractivity contribution in [2.75, 3.05) is 46.4 Å². The molecule has 1 heterocycles. The standard InChI is InChI=1S/C21H38N2O2Si/c1-21(2,3)26(5,6)25-18-20(24-4)17-23-14-12-22(13-15-23)16-19-10-8-7-9-11-19/h7-11,20H,12-18H2,1-6H3/t20-/m1/s1. The van der Waals surface area contributed by atoms with Crippen LogP contribution in [0.1, 0.15) is 26.3 Å². The van der Waals surface area contributed by atoms with Crippen molar-refractivity contribution in [3.05, 3.63) is 35.9 Å². The van der Waals surface area contributed by atoms with Gasteiger partial charge in [0.05, 0.1) is 12.7 Å². The van der Waals surface area contributed by atoms with E-state index in [1.54, 1.807) is 0 Å². The van der Waals surface area contributed by atoms with Crippen molar-refractivity contribution >= 4 is 8.32 Å². The Morgan fingerprint density at radius 3 is 2.12 bits per heavy atom. The lowest BCUT2D eigenvalue weighted by atomic mass is 10.2. The molecule has 0 unspecified atom stereocenters. The van der Waals surface area contributed by atoms with Crippen molar-refractivity contribution < 1.29 is 9.16 Å². The van der Waals surface area contributed by atoms with Gasteiger partial charge in [0.15, 0.2) is 8.32 Å². The summed E-state index contributed by atoms with van der Waals surface area (Å²) in [7, 11) is 0.100. The molecule has 4 nitrogen and oxygen atoms in total. The summed E-state index contributed by atoms with van der Waals surface area (Å²) in [6.07, 6.45) is 0.157. The second-order valence-corrected chi connectivity index (χ2v) is 13.8. The van der Waals surface area contributed by atoms with E-state index in [0.29, 0.717) is 6.61 Å². The van der Waals surface area contributed by atoms with Gasteiger partial charge in [0, 0.05) is 46.4 Å². The van der Waals surface area contributed by atoms with E-state index in [9.17, 15) is 0 Å². The molecule has 1 atom stereocenters. The van der Waals surface area contributed by atoms with Crippen LogP contribution in [-0.4, -0.2) is 70.7 Å². The zero-order valence-electron chi connectivity index (χ0n) is 17.6. The van der Waals surface area contributed by atoms with Gasteiger partial charge in [-0.1, -0.05) is 51.1 Å². The van der Waals surface area contributed by atoms with Crippen LogP contribution < -0.4 is 0 Å². The topological polar surface area (TPSA) is 24.9 Å². The average molecular weight is 379 g/mol. The predicted molar refractivity (Wildman–Crippen MR) is 112 cm³/mol. The van der Waals surface area contributed by atoms with Gasteiger partial charge in [-0.05, 0) is 23.7 Å². The second-order valence-electron chi connectivity index (χ2n) is 8.99. The van der Waals surface area contributed by atoms with Crippen LogP contribution in [0.5, 0.6) is 0 Å². The smallest absolute Gasteiger partial charge is 0.192 e. The molecule has 5 heteroatoms. The minimum atomic E-state index is -1.71. The molecule has 1 aliphatic rings. The first-order valence-electron chi connectivity index (χ1n) is 9.86. The van der Waals surface area contributed by atoms with E-state index in [1.807, 2.05) is 7.11 Å². The second kappa shape index (κ2) is 9.47. The summed E-state index contributed by atoms with van der Waals surface area (Å²) in [6, 6.07) is 10.8. The number of nitrogens with zero attached hydrogens (tertiary/aromatic N) is 2. The monoisotopic (exact) mass is 378 g/mol. The normalized spacial score (nSPS) is 18.8. The molecule has 0 radical (unpaired) electrons. The number of hydrogen-bond donors (Lipinski definition) is 0. The highest BCUT2D eigenvalue weighted by Gasteiger charge is 2.37. The van der Waals surface area contributed by atoms with Crippen molar-refractivity contribution in [1.29, 1.82) is 0 Å². The Hall–Kier alpha value is -0.723. The molecule has 26 heavy (non-hydrogen) atoms. The minimum absolute atomic E-state index is 0.157. The van der Waals surface area contributed by atoms with Gasteiger partial charge in [0.1, 0.15) is 0 Å². The van der Waals surface area contributed by atoms with Gasteiger partial charge in [0.2, 0.25) is 0 Å². The lowest BCUT2D eigenvalue weighted by Crippen LogP contribution is -2.50. The average Bonchev–Trinajstić information content (AvgIpc) is 2.60. The van der Waals surface area contributed by atoms with E-state index in [1.165, 1.54) is 5.56 Å². The van der Waals surface area contributed by atoms with E-state index in [4.69, 9.17) is 9.16 Å². The highest BCUT2D eigenvalue weighted by Crippen LogP contribution is 2.36. The largest absolute Gasteiger partial charge is 0.414 e. The molecule has 1 aromatic carbocycles. The fourth-order valence-corrected chi connectivity index (χ4v) is 4.01. The number of ether oxygens (including phenoxy) is 1. The van der Waals surface area contributed by atoms with Crippen LogP contribution in [0, 0.1) is 0 Å². The fraction of sp³-hybridized carbons (Fsp3) is 0.714. The van der Waals surface area contributed by atoms with E-state index < -0.39 is 8.32 Å². The van der Waals surface area contributed by atoms with E-state index in [-0.39, 0.29) is 11.1 Å². The molecule has 0 N–H and O–H groups in total. The van der Waals surface area contributed by atoms with Gasteiger partial charge in [-0.2, -0.15) is 0 Å². The number of methoxy groups -OCH3 is 1. The van der Waals surface area contributed by atoms with E-state index in [2.05, 4.69) is 74.0 Å². The summed E-state index contributed by atoms with van der Waals surface area (Å²) in [5, 5.41) is 0.244. The summed E-state index contributed by atoms with van der Waals surface area (Å²) < 4.78 is 12.1. The highest BCUT2D eigenvalue weighted by atomic mass is 28.4. The molecule has 0 aliphatic carbocycles. The van der Waals surface area contributed by atoms with Crippen LogP contribution in [0.4, 0.5) is 0 Å². The van der Waals surface area contributed by atoms with Gasteiger partial charge in [0.25, 0.3) is 0 Å². The van der Waals surface area contributed by atoms with Crippen LogP contribution >= 0.6 is 0 Å². The van der Waals surface area contributed by atoms with Gasteiger partial charge in [-0.3, -0.25) is 9.80 Å². The molecule has 0 saturated carbocycles. The maximum Gasteiger partial charge on any atom is 0.192 e. The third-order valence-electron chi connectivity index (χ3n) is 5.95. The molecule has 1 fully saturated rings. The maximum atomic E-state index is 6.37. The third kappa shape index (κ3) is 6.46. The molecule has 0 bridgehead atoms. The molecule has 2 rings (SSSR count). The molecule has 0 spiro atoms. The van der Waals surface area contributed by atoms with Crippen molar-refractivity contribution in [2.45, 2.75) is 51.6 Å². The van der Waals surface area contributed by atoms with Crippen LogP contribution in [0.3, 0.4) is 0 Å². The van der Waals surface area contributed by atoms with Crippen LogP contribution in [-0.2, 0) is 15.7 Å². The van der Waals surface area contributed by atoms with Gasteiger partial charge in [-0.15, -0.1) is 0 Å². The number of rotatable bonds is 8. The molecule has 0 amide bonds. The number of benzene rings is 1. The molecule has 148 valence electrons. The Morgan fingerprint density at radius 2 is 1.58 bits per heavy atom. The first-order valence-corrected chi connectivity index (χ1v) is 12.8. The summed E-state index contributed by atoms with van der Waals surface area (Å²) in [5.74, 6) is 0. The summed E-state index contributed by atoms with van der Waals surface area (Å²) in [6.45, 7) is 18.6. The van der Waals surface area contributed by atoms with Gasteiger partial charge < -0.3 is 9.16 Å². The Bertz CT molecular complexity index is 523.